The highest BCUT2D eigenvalue weighted by atomic mass is 16.2. The summed E-state index contributed by atoms with van der Waals surface area (Å²) < 4.78 is 0. The molecule has 0 aliphatic heterocycles. The average Bonchev–Trinajstić information content (AvgIpc) is 2.45. The number of fused-ring (bicyclic) bond motifs is 1. The molecule has 1 heterocycles. The predicted molar refractivity (Wildman–Crippen MR) is 82.7 cm³/mol. The number of hydrogen-bond acceptors (Lipinski definition) is 4. The normalized spacial score (nSPS) is 10.6. The van der Waals surface area contributed by atoms with E-state index in [2.05, 4.69) is 4.98 Å². The molecule has 0 aliphatic carbocycles. The molecule has 5 nitrogen and oxygen atoms in total. The molecule has 0 bridgehead atoms. The molecule has 0 saturated carbocycles. The lowest BCUT2D eigenvalue weighted by Gasteiger charge is -2.25. The van der Waals surface area contributed by atoms with Crippen molar-refractivity contribution in [2.75, 3.05) is 37.8 Å². The lowest BCUT2D eigenvalue weighted by Crippen LogP contribution is -2.36. The number of likely N-dealkylation sites (N-methyl/N-ethyl adjacent to an activating group) is 2. The maximum atomic E-state index is 11.9. The summed E-state index contributed by atoms with van der Waals surface area (Å²) in [5.74, 6) is 0.0701. The Labute approximate surface area is 119 Å². The molecule has 1 aromatic carbocycles. The molecule has 0 atom stereocenters. The molecule has 2 aromatic rings. The standard InChI is InChI=1S/C15H20N4O/c1-4-19(10-15(20)18(2)3)14-6-5-13(16)11-7-8-17-9-12(11)14/h5-9H,4,10,16H2,1-3H3. The van der Waals surface area contributed by atoms with Crippen LogP contribution >= 0.6 is 0 Å². The second-order valence-electron chi connectivity index (χ2n) is 4.90. The number of nitrogen functional groups attached to an aromatic ring is 1. The highest BCUT2D eigenvalue weighted by Crippen LogP contribution is 2.30. The fourth-order valence-electron chi connectivity index (χ4n) is 2.15. The molecular formula is C15H20N4O. The van der Waals surface area contributed by atoms with Gasteiger partial charge in [-0.25, -0.2) is 0 Å². The van der Waals surface area contributed by atoms with Gasteiger partial charge in [-0.3, -0.25) is 9.78 Å². The Balaban J connectivity index is 2.45. The van der Waals surface area contributed by atoms with E-state index in [1.807, 2.05) is 30.0 Å². The molecule has 106 valence electrons. The molecule has 0 spiro atoms. The SMILES string of the molecule is CCN(CC(=O)N(C)C)c1ccc(N)c2ccncc12. The summed E-state index contributed by atoms with van der Waals surface area (Å²) in [7, 11) is 3.53. The highest BCUT2D eigenvalue weighted by molar-refractivity contribution is 6.01. The van der Waals surface area contributed by atoms with Crippen molar-refractivity contribution < 1.29 is 4.79 Å². The minimum absolute atomic E-state index is 0.0701. The summed E-state index contributed by atoms with van der Waals surface area (Å²) in [5, 5.41) is 1.94. The number of benzene rings is 1. The number of rotatable bonds is 4. The molecule has 5 heteroatoms. The molecule has 1 amide bonds. The zero-order valence-electron chi connectivity index (χ0n) is 12.1. The lowest BCUT2D eigenvalue weighted by atomic mass is 10.1. The molecular weight excluding hydrogens is 252 g/mol. The van der Waals surface area contributed by atoms with E-state index in [0.29, 0.717) is 6.54 Å². The third-order valence-electron chi connectivity index (χ3n) is 3.38. The highest BCUT2D eigenvalue weighted by Gasteiger charge is 2.14. The Bertz CT molecular complexity index is 624. The summed E-state index contributed by atoms with van der Waals surface area (Å²) >= 11 is 0. The van der Waals surface area contributed by atoms with Gasteiger partial charge < -0.3 is 15.5 Å². The van der Waals surface area contributed by atoms with Crippen molar-refractivity contribution in [3.8, 4) is 0 Å². The molecule has 0 saturated heterocycles. The number of hydrogen-bond donors (Lipinski definition) is 1. The van der Waals surface area contributed by atoms with Gasteiger partial charge in [0.2, 0.25) is 5.91 Å². The predicted octanol–water partition coefficient (Wildman–Crippen LogP) is 1.73. The fraction of sp³-hybridized carbons (Fsp3) is 0.333. The molecule has 20 heavy (non-hydrogen) atoms. The molecule has 1 aromatic heterocycles. The summed E-state index contributed by atoms with van der Waals surface area (Å²) in [6.45, 7) is 3.12. The third-order valence-corrected chi connectivity index (χ3v) is 3.38. The zero-order chi connectivity index (χ0) is 14.7. The van der Waals surface area contributed by atoms with Crippen LogP contribution in [0.15, 0.2) is 30.6 Å². The van der Waals surface area contributed by atoms with Crippen LogP contribution in [0, 0.1) is 0 Å². The van der Waals surface area contributed by atoms with Crippen LogP contribution in [0.3, 0.4) is 0 Å². The van der Waals surface area contributed by atoms with Crippen LogP contribution in [-0.4, -0.2) is 43.0 Å². The van der Waals surface area contributed by atoms with Gasteiger partial charge in [0.25, 0.3) is 0 Å². The summed E-state index contributed by atoms with van der Waals surface area (Å²) in [6, 6.07) is 5.72. The van der Waals surface area contributed by atoms with E-state index < -0.39 is 0 Å². The van der Waals surface area contributed by atoms with Crippen LogP contribution in [0.5, 0.6) is 0 Å². The van der Waals surface area contributed by atoms with E-state index in [9.17, 15) is 4.79 Å². The van der Waals surface area contributed by atoms with Crippen molar-refractivity contribution in [1.82, 2.24) is 9.88 Å². The number of carbonyl (C=O) groups excluding carboxylic acids is 1. The van der Waals surface area contributed by atoms with Crippen LogP contribution in [0.1, 0.15) is 6.92 Å². The Kier molecular flexibility index (Phi) is 4.08. The zero-order valence-corrected chi connectivity index (χ0v) is 12.1. The van der Waals surface area contributed by atoms with E-state index in [1.165, 1.54) is 0 Å². The Hall–Kier alpha value is -2.30. The smallest absolute Gasteiger partial charge is 0.241 e. The van der Waals surface area contributed by atoms with Crippen LogP contribution in [0.25, 0.3) is 10.8 Å². The molecule has 0 unspecified atom stereocenters. The molecule has 2 N–H and O–H groups in total. The van der Waals surface area contributed by atoms with E-state index in [1.54, 1.807) is 31.4 Å². The molecule has 0 radical (unpaired) electrons. The molecule has 0 fully saturated rings. The largest absolute Gasteiger partial charge is 0.398 e. The third kappa shape index (κ3) is 2.66. The van der Waals surface area contributed by atoms with Gasteiger partial charge in [0, 0.05) is 55.2 Å². The first-order chi connectivity index (χ1) is 9.54. The first kappa shape index (κ1) is 14.1. The quantitative estimate of drug-likeness (QED) is 0.861. The number of carbonyl (C=O) groups is 1. The van der Waals surface area contributed by atoms with Gasteiger partial charge in [0.05, 0.1) is 6.54 Å². The Morgan fingerprint density at radius 3 is 2.65 bits per heavy atom. The van der Waals surface area contributed by atoms with E-state index in [-0.39, 0.29) is 5.91 Å². The van der Waals surface area contributed by atoms with Gasteiger partial charge in [-0.05, 0) is 25.1 Å². The monoisotopic (exact) mass is 272 g/mol. The molecule has 2 rings (SSSR count). The number of aromatic nitrogens is 1. The number of pyridine rings is 1. The van der Waals surface area contributed by atoms with Gasteiger partial charge >= 0.3 is 0 Å². The first-order valence-electron chi connectivity index (χ1n) is 6.62. The van der Waals surface area contributed by atoms with Crippen LogP contribution < -0.4 is 10.6 Å². The van der Waals surface area contributed by atoms with E-state index in [0.717, 1.165) is 28.7 Å². The van der Waals surface area contributed by atoms with Gasteiger partial charge in [0.1, 0.15) is 0 Å². The van der Waals surface area contributed by atoms with Crippen molar-refractivity contribution in [3.05, 3.63) is 30.6 Å². The maximum Gasteiger partial charge on any atom is 0.241 e. The fourth-order valence-corrected chi connectivity index (χ4v) is 2.15. The Morgan fingerprint density at radius 2 is 2.00 bits per heavy atom. The van der Waals surface area contributed by atoms with Crippen LogP contribution in [0.4, 0.5) is 11.4 Å². The van der Waals surface area contributed by atoms with Crippen molar-refractivity contribution in [1.29, 1.82) is 0 Å². The van der Waals surface area contributed by atoms with Gasteiger partial charge in [0.15, 0.2) is 0 Å². The number of anilines is 2. The van der Waals surface area contributed by atoms with Crippen molar-refractivity contribution in [3.63, 3.8) is 0 Å². The minimum Gasteiger partial charge on any atom is -0.398 e. The van der Waals surface area contributed by atoms with E-state index >= 15 is 0 Å². The lowest BCUT2D eigenvalue weighted by molar-refractivity contribution is -0.127. The van der Waals surface area contributed by atoms with Crippen LogP contribution in [-0.2, 0) is 4.79 Å². The van der Waals surface area contributed by atoms with Crippen molar-refractivity contribution >= 4 is 28.1 Å². The van der Waals surface area contributed by atoms with Crippen molar-refractivity contribution in [2.45, 2.75) is 6.92 Å². The Morgan fingerprint density at radius 1 is 1.25 bits per heavy atom. The van der Waals surface area contributed by atoms with Crippen LogP contribution in [0.2, 0.25) is 0 Å². The number of nitrogens with two attached hydrogens (primary N) is 1. The summed E-state index contributed by atoms with van der Waals surface area (Å²) in [5.41, 5.74) is 7.70. The maximum absolute atomic E-state index is 11.9. The first-order valence-corrected chi connectivity index (χ1v) is 6.62. The summed E-state index contributed by atoms with van der Waals surface area (Å²) in [4.78, 5) is 19.7. The number of amides is 1. The van der Waals surface area contributed by atoms with Gasteiger partial charge in [-0.1, -0.05) is 0 Å². The van der Waals surface area contributed by atoms with E-state index in [4.69, 9.17) is 5.73 Å². The summed E-state index contributed by atoms with van der Waals surface area (Å²) in [6.07, 6.45) is 3.52. The average molecular weight is 272 g/mol. The topological polar surface area (TPSA) is 62.5 Å². The second kappa shape index (κ2) is 5.77. The van der Waals surface area contributed by atoms with Gasteiger partial charge in [-0.15, -0.1) is 0 Å². The van der Waals surface area contributed by atoms with Gasteiger partial charge in [-0.2, -0.15) is 0 Å². The second-order valence-corrected chi connectivity index (χ2v) is 4.90. The minimum atomic E-state index is 0.0701. The van der Waals surface area contributed by atoms with Crippen molar-refractivity contribution in [2.24, 2.45) is 0 Å². The molecule has 0 aliphatic rings. The number of nitrogens with zero attached hydrogens (tertiary/aromatic N) is 3.